The van der Waals surface area contributed by atoms with Gasteiger partial charge in [-0.1, -0.05) is 54.1 Å². The largest absolute Gasteiger partial charge is 0.496 e. The van der Waals surface area contributed by atoms with E-state index in [1.807, 2.05) is 31.2 Å². The number of nitrogens with zero attached hydrogens (tertiary/aromatic N) is 1. The summed E-state index contributed by atoms with van der Waals surface area (Å²) >= 11 is 0. The van der Waals surface area contributed by atoms with Gasteiger partial charge in [-0.15, -0.1) is 0 Å². The van der Waals surface area contributed by atoms with E-state index in [1.165, 1.54) is 12.0 Å². The molecule has 0 spiro atoms. The van der Waals surface area contributed by atoms with E-state index in [0.29, 0.717) is 35.7 Å². The molecule has 0 saturated carbocycles. The number of hydrogen-bond acceptors (Lipinski definition) is 6. The van der Waals surface area contributed by atoms with E-state index >= 15 is 0 Å². The van der Waals surface area contributed by atoms with Crippen LogP contribution in [0.1, 0.15) is 46.0 Å². The molecular formula is C31H33N3O6. The highest BCUT2D eigenvalue weighted by Gasteiger charge is 2.47. The van der Waals surface area contributed by atoms with Crippen molar-refractivity contribution in [3.8, 4) is 5.75 Å². The molecule has 2 aliphatic rings. The lowest BCUT2D eigenvalue weighted by Crippen LogP contribution is -2.47. The van der Waals surface area contributed by atoms with E-state index in [2.05, 4.69) is 10.6 Å². The SMILES string of the molecule is COc1ccccc1C(=O)Nc1ccc(C2OC(=O)N(Cc3ccc(C)cc3)C2C(=O)NCC2CCCO2)cc1. The highest BCUT2D eigenvalue weighted by molar-refractivity contribution is 6.06. The average molecular weight is 544 g/mol. The summed E-state index contributed by atoms with van der Waals surface area (Å²) in [6.45, 7) is 3.30. The van der Waals surface area contributed by atoms with E-state index in [0.717, 1.165) is 24.0 Å². The van der Waals surface area contributed by atoms with Gasteiger partial charge in [0, 0.05) is 18.8 Å². The van der Waals surface area contributed by atoms with E-state index in [9.17, 15) is 14.4 Å². The van der Waals surface area contributed by atoms with E-state index in [-0.39, 0.29) is 24.5 Å². The molecule has 5 rings (SSSR count). The number of methoxy groups -OCH3 is 1. The van der Waals surface area contributed by atoms with Crippen molar-refractivity contribution in [2.24, 2.45) is 0 Å². The van der Waals surface area contributed by atoms with E-state index in [1.54, 1.807) is 48.5 Å². The Labute approximate surface area is 233 Å². The summed E-state index contributed by atoms with van der Waals surface area (Å²) in [4.78, 5) is 40.8. The molecule has 9 nitrogen and oxygen atoms in total. The molecule has 3 amide bonds. The van der Waals surface area contributed by atoms with Gasteiger partial charge in [0.15, 0.2) is 12.1 Å². The number of nitrogens with one attached hydrogen (secondary N) is 2. The molecule has 0 aliphatic carbocycles. The van der Waals surface area contributed by atoms with Crippen molar-refractivity contribution in [1.29, 1.82) is 0 Å². The molecule has 0 bridgehead atoms. The first-order chi connectivity index (χ1) is 19.4. The number of benzene rings is 3. The lowest BCUT2D eigenvalue weighted by atomic mass is 10.00. The molecule has 2 saturated heterocycles. The topological polar surface area (TPSA) is 106 Å². The summed E-state index contributed by atoms with van der Waals surface area (Å²) in [5, 5.41) is 5.83. The van der Waals surface area contributed by atoms with E-state index in [4.69, 9.17) is 14.2 Å². The Balaban J connectivity index is 1.34. The van der Waals surface area contributed by atoms with Crippen LogP contribution in [0.3, 0.4) is 0 Å². The van der Waals surface area contributed by atoms with Crippen molar-refractivity contribution < 1.29 is 28.6 Å². The van der Waals surface area contributed by atoms with Crippen molar-refractivity contribution in [1.82, 2.24) is 10.2 Å². The average Bonchev–Trinajstić information content (AvgIpc) is 3.61. The zero-order chi connectivity index (χ0) is 28.1. The summed E-state index contributed by atoms with van der Waals surface area (Å²) in [7, 11) is 1.51. The summed E-state index contributed by atoms with van der Waals surface area (Å²) in [5.41, 5.74) is 3.62. The first-order valence-electron chi connectivity index (χ1n) is 13.4. The number of amides is 3. The van der Waals surface area contributed by atoms with Gasteiger partial charge in [-0.25, -0.2) is 4.79 Å². The van der Waals surface area contributed by atoms with Gasteiger partial charge in [-0.2, -0.15) is 0 Å². The molecular weight excluding hydrogens is 510 g/mol. The molecule has 2 fully saturated rings. The fourth-order valence-corrected chi connectivity index (χ4v) is 5.01. The van der Waals surface area contributed by atoms with Crippen LogP contribution in [0.15, 0.2) is 72.8 Å². The van der Waals surface area contributed by atoms with Crippen molar-refractivity contribution in [2.75, 3.05) is 25.6 Å². The monoisotopic (exact) mass is 543 g/mol. The molecule has 208 valence electrons. The van der Waals surface area contributed by atoms with Gasteiger partial charge >= 0.3 is 6.09 Å². The minimum Gasteiger partial charge on any atom is -0.496 e. The quantitative estimate of drug-likeness (QED) is 0.408. The Bertz CT molecular complexity index is 1350. The predicted octanol–water partition coefficient (Wildman–Crippen LogP) is 4.61. The predicted molar refractivity (Wildman–Crippen MR) is 149 cm³/mol. The summed E-state index contributed by atoms with van der Waals surface area (Å²) in [6, 6.07) is 20.9. The molecule has 0 aromatic heterocycles. The van der Waals surface area contributed by atoms with Crippen LogP contribution in [0.4, 0.5) is 10.5 Å². The normalized spacial score (nSPS) is 20.2. The maximum Gasteiger partial charge on any atom is 0.411 e. The Morgan fingerprint density at radius 1 is 1.02 bits per heavy atom. The Morgan fingerprint density at radius 3 is 2.48 bits per heavy atom. The maximum atomic E-state index is 13.5. The van der Waals surface area contributed by atoms with Gasteiger partial charge in [-0.05, 0) is 55.2 Å². The summed E-state index contributed by atoms with van der Waals surface area (Å²) in [6.07, 6.45) is 0.446. The second kappa shape index (κ2) is 12.2. The molecule has 3 aromatic carbocycles. The van der Waals surface area contributed by atoms with Crippen LogP contribution in [0.25, 0.3) is 0 Å². The molecule has 9 heteroatoms. The second-order valence-corrected chi connectivity index (χ2v) is 10.0. The third kappa shape index (κ3) is 6.10. The number of rotatable bonds is 9. The number of carbonyl (C=O) groups is 3. The summed E-state index contributed by atoms with van der Waals surface area (Å²) < 4.78 is 16.7. The molecule has 2 N–H and O–H groups in total. The number of cyclic esters (lactones) is 1. The minimum atomic E-state index is -0.871. The van der Waals surface area contributed by atoms with Gasteiger partial charge in [0.2, 0.25) is 5.91 Å². The number of para-hydroxylation sites is 1. The molecule has 3 unspecified atom stereocenters. The molecule has 3 atom stereocenters. The third-order valence-corrected chi connectivity index (χ3v) is 7.20. The zero-order valence-corrected chi connectivity index (χ0v) is 22.6. The fraction of sp³-hybridized carbons (Fsp3) is 0.323. The molecule has 2 heterocycles. The van der Waals surface area contributed by atoms with Crippen molar-refractivity contribution >= 4 is 23.6 Å². The van der Waals surface area contributed by atoms with Crippen molar-refractivity contribution in [3.05, 3.63) is 95.1 Å². The van der Waals surface area contributed by atoms with Crippen LogP contribution >= 0.6 is 0 Å². The Morgan fingerprint density at radius 2 is 1.77 bits per heavy atom. The third-order valence-electron chi connectivity index (χ3n) is 7.20. The highest BCUT2D eigenvalue weighted by Crippen LogP contribution is 2.35. The Kier molecular flexibility index (Phi) is 8.31. The lowest BCUT2D eigenvalue weighted by Gasteiger charge is -2.25. The molecule has 2 aliphatic heterocycles. The molecule has 0 radical (unpaired) electrons. The standard InChI is InChI=1S/C31H33N3O6/c1-20-9-11-21(12-10-20)19-34-27(30(36)32-18-24-6-5-17-39-24)28(40-31(34)37)22-13-15-23(16-14-22)33-29(35)25-7-3-4-8-26(25)38-2/h3-4,7-16,24,27-28H,5-6,17-19H2,1-2H3,(H,32,36)(H,33,35). The first kappa shape index (κ1) is 27.2. The molecule has 40 heavy (non-hydrogen) atoms. The van der Waals surface area contributed by atoms with Crippen LogP contribution in [-0.4, -0.2) is 55.2 Å². The second-order valence-electron chi connectivity index (χ2n) is 10.0. The number of aryl methyl sites for hydroxylation is 1. The van der Waals surface area contributed by atoms with Crippen molar-refractivity contribution in [3.63, 3.8) is 0 Å². The smallest absolute Gasteiger partial charge is 0.411 e. The zero-order valence-electron chi connectivity index (χ0n) is 22.6. The number of ether oxygens (including phenoxy) is 3. The first-order valence-corrected chi connectivity index (χ1v) is 13.4. The Hall–Kier alpha value is -4.37. The molecule has 3 aromatic rings. The van der Waals surface area contributed by atoms with Crippen molar-refractivity contribution in [2.45, 2.75) is 44.6 Å². The number of hydrogen-bond donors (Lipinski definition) is 2. The van der Waals surface area contributed by atoms with Crippen LogP contribution in [0.5, 0.6) is 5.75 Å². The van der Waals surface area contributed by atoms with Gasteiger partial charge < -0.3 is 24.8 Å². The van der Waals surface area contributed by atoms with Crippen LogP contribution < -0.4 is 15.4 Å². The maximum absolute atomic E-state index is 13.5. The number of anilines is 1. The van der Waals surface area contributed by atoms with Crippen LogP contribution in [-0.2, 0) is 20.8 Å². The number of carbonyl (C=O) groups excluding carboxylic acids is 3. The lowest BCUT2D eigenvalue weighted by molar-refractivity contribution is -0.126. The fourth-order valence-electron chi connectivity index (χ4n) is 5.01. The van der Waals surface area contributed by atoms with Crippen LogP contribution in [0.2, 0.25) is 0 Å². The van der Waals surface area contributed by atoms with Gasteiger partial charge in [0.1, 0.15) is 5.75 Å². The van der Waals surface area contributed by atoms with Gasteiger partial charge in [0.25, 0.3) is 5.91 Å². The van der Waals surface area contributed by atoms with Gasteiger partial charge in [-0.3, -0.25) is 14.5 Å². The highest BCUT2D eigenvalue weighted by atomic mass is 16.6. The van der Waals surface area contributed by atoms with Crippen LogP contribution in [0, 0.1) is 6.92 Å². The van der Waals surface area contributed by atoms with E-state index < -0.39 is 18.2 Å². The van der Waals surface area contributed by atoms with Gasteiger partial charge in [0.05, 0.1) is 25.3 Å². The minimum absolute atomic E-state index is 0.0305. The summed E-state index contributed by atoms with van der Waals surface area (Å²) in [5.74, 6) is -0.139.